The molecule has 0 aromatic heterocycles. The van der Waals surface area contributed by atoms with Gasteiger partial charge in [-0.3, -0.25) is 14.4 Å². The number of allylic oxidation sites excluding steroid dienone is 8. The van der Waals surface area contributed by atoms with Gasteiger partial charge in [-0.2, -0.15) is 0 Å². The highest BCUT2D eigenvalue weighted by atomic mass is 16.6. The van der Waals surface area contributed by atoms with E-state index in [1.165, 1.54) is 218 Å². The predicted octanol–water partition coefficient (Wildman–Crippen LogP) is 22.6. The number of carbonyl (C=O) groups is 3. The van der Waals surface area contributed by atoms with Crippen molar-refractivity contribution < 1.29 is 28.6 Å². The fraction of sp³-hybridized carbons (Fsp3) is 0.841. The Kier molecular flexibility index (Phi) is 61.7. The first kappa shape index (κ1) is 72.4. The van der Waals surface area contributed by atoms with E-state index in [0.29, 0.717) is 19.3 Å². The number of ether oxygens (including phenoxy) is 3. The Morgan fingerprint density at radius 1 is 0.267 bits per heavy atom. The Hall–Kier alpha value is -2.63. The molecule has 0 fully saturated rings. The van der Waals surface area contributed by atoms with E-state index < -0.39 is 6.10 Å². The smallest absolute Gasteiger partial charge is 0.306 e. The SMILES string of the molecule is CCC/C=C\C/C=C\CCCCCCCC(=O)OC(COC(=O)CCCCCCCCCCC)COC(=O)CCCCCCCCCCCCCCCCCCCCCCCCC/C=C\C/C=C\CCCCCCC. The summed E-state index contributed by atoms with van der Waals surface area (Å²) in [7, 11) is 0. The van der Waals surface area contributed by atoms with Crippen LogP contribution in [0.1, 0.15) is 355 Å². The van der Waals surface area contributed by atoms with Gasteiger partial charge in [0.15, 0.2) is 6.10 Å². The summed E-state index contributed by atoms with van der Waals surface area (Å²) in [6.07, 6.45) is 80.2. The molecule has 0 aromatic rings. The first-order valence-electron chi connectivity index (χ1n) is 33.1. The van der Waals surface area contributed by atoms with E-state index in [-0.39, 0.29) is 31.1 Å². The molecule has 75 heavy (non-hydrogen) atoms. The quantitative estimate of drug-likeness (QED) is 0.0261. The lowest BCUT2D eigenvalue weighted by molar-refractivity contribution is -0.167. The molecule has 0 saturated carbocycles. The fourth-order valence-electron chi connectivity index (χ4n) is 9.81. The molecule has 0 aliphatic heterocycles. The van der Waals surface area contributed by atoms with Crippen molar-refractivity contribution in [1.29, 1.82) is 0 Å². The van der Waals surface area contributed by atoms with Crippen molar-refractivity contribution in [3.63, 3.8) is 0 Å². The van der Waals surface area contributed by atoms with Crippen LogP contribution in [-0.2, 0) is 28.6 Å². The summed E-state index contributed by atoms with van der Waals surface area (Å²) in [5.74, 6) is -0.874. The van der Waals surface area contributed by atoms with Gasteiger partial charge in [0.2, 0.25) is 0 Å². The van der Waals surface area contributed by atoms with Crippen molar-refractivity contribution in [2.24, 2.45) is 0 Å². The highest BCUT2D eigenvalue weighted by Gasteiger charge is 2.19. The van der Waals surface area contributed by atoms with Gasteiger partial charge < -0.3 is 14.2 Å². The van der Waals surface area contributed by atoms with Gasteiger partial charge in [0.1, 0.15) is 13.2 Å². The molecular weight excluding hydrogens is 925 g/mol. The van der Waals surface area contributed by atoms with Crippen LogP contribution in [0.25, 0.3) is 0 Å². The maximum absolute atomic E-state index is 12.8. The van der Waals surface area contributed by atoms with E-state index in [0.717, 1.165) is 96.3 Å². The van der Waals surface area contributed by atoms with Crippen LogP contribution < -0.4 is 0 Å². The first-order valence-corrected chi connectivity index (χ1v) is 33.1. The van der Waals surface area contributed by atoms with E-state index in [2.05, 4.69) is 69.4 Å². The maximum atomic E-state index is 12.8. The van der Waals surface area contributed by atoms with Gasteiger partial charge in [-0.05, 0) is 77.0 Å². The molecule has 0 rings (SSSR count). The minimum Gasteiger partial charge on any atom is -0.462 e. The molecule has 6 heteroatoms. The van der Waals surface area contributed by atoms with Crippen LogP contribution in [0.5, 0.6) is 0 Å². The summed E-state index contributed by atoms with van der Waals surface area (Å²) in [6, 6.07) is 0. The second-order valence-electron chi connectivity index (χ2n) is 22.4. The Morgan fingerprint density at radius 3 is 0.787 bits per heavy atom. The molecule has 0 N–H and O–H groups in total. The number of esters is 3. The lowest BCUT2D eigenvalue weighted by Gasteiger charge is -2.18. The van der Waals surface area contributed by atoms with Crippen molar-refractivity contribution in [1.82, 2.24) is 0 Å². The van der Waals surface area contributed by atoms with Crippen LogP contribution in [0.15, 0.2) is 48.6 Å². The van der Waals surface area contributed by atoms with Crippen molar-refractivity contribution in [2.45, 2.75) is 361 Å². The average molecular weight is 1050 g/mol. The summed E-state index contributed by atoms with van der Waals surface area (Å²) < 4.78 is 16.8. The second kappa shape index (κ2) is 63.9. The highest BCUT2D eigenvalue weighted by molar-refractivity contribution is 5.71. The highest BCUT2D eigenvalue weighted by Crippen LogP contribution is 2.18. The first-order chi connectivity index (χ1) is 37.0. The second-order valence-corrected chi connectivity index (χ2v) is 22.4. The van der Waals surface area contributed by atoms with Gasteiger partial charge in [0, 0.05) is 19.3 Å². The molecule has 6 nitrogen and oxygen atoms in total. The molecular formula is C69H126O6. The van der Waals surface area contributed by atoms with E-state index in [4.69, 9.17) is 14.2 Å². The standard InChI is InChI=1S/C69H126O6/c1-4-7-10-13-16-19-21-23-24-25-26-27-28-29-30-31-32-33-34-35-36-37-38-39-40-41-42-43-44-46-47-50-53-56-59-62-68(71)74-65-66(64-73-67(70)61-58-55-52-49-18-15-12-9-6-3)75-69(72)63-60-57-54-51-48-45-22-20-17-14-11-8-5-2/h11,14,20-23,25-26,66H,4-10,12-13,15-19,24,27-65H2,1-3H3/b14-11-,22-20-,23-21-,26-25-. The molecule has 1 atom stereocenters. The lowest BCUT2D eigenvalue weighted by atomic mass is 10.0. The normalized spacial score (nSPS) is 12.3. The van der Waals surface area contributed by atoms with E-state index in [9.17, 15) is 14.4 Å². The van der Waals surface area contributed by atoms with Crippen LogP contribution in [-0.4, -0.2) is 37.2 Å². The molecule has 0 saturated heterocycles. The largest absolute Gasteiger partial charge is 0.462 e. The third-order valence-electron chi connectivity index (χ3n) is 14.8. The molecule has 0 bridgehead atoms. The Morgan fingerprint density at radius 2 is 0.507 bits per heavy atom. The number of unbranched alkanes of at least 4 members (excludes halogenated alkanes) is 42. The van der Waals surface area contributed by atoms with Crippen LogP contribution in [0.4, 0.5) is 0 Å². The maximum Gasteiger partial charge on any atom is 0.306 e. The van der Waals surface area contributed by atoms with E-state index in [1.54, 1.807) is 0 Å². The lowest BCUT2D eigenvalue weighted by Crippen LogP contribution is -2.30. The minimum absolute atomic E-state index is 0.0740. The fourth-order valence-corrected chi connectivity index (χ4v) is 9.81. The molecule has 0 amide bonds. The van der Waals surface area contributed by atoms with Gasteiger partial charge in [-0.25, -0.2) is 0 Å². The van der Waals surface area contributed by atoms with Crippen molar-refractivity contribution in [3.05, 3.63) is 48.6 Å². The zero-order valence-electron chi connectivity index (χ0n) is 50.3. The topological polar surface area (TPSA) is 78.9 Å². The molecule has 438 valence electrons. The molecule has 0 heterocycles. The van der Waals surface area contributed by atoms with Crippen LogP contribution in [0, 0.1) is 0 Å². The summed E-state index contributed by atoms with van der Waals surface area (Å²) in [6.45, 7) is 6.57. The monoisotopic (exact) mass is 1050 g/mol. The summed E-state index contributed by atoms with van der Waals surface area (Å²) in [4.78, 5) is 38.1. The van der Waals surface area contributed by atoms with Crippen LogP contribution >= 0.6 is 0 Å². The van der Waals surface area contributed by atoms with Gasteiger partial charge in [-0.15, -0.1) is 0 Å². The van der Waals surface area contributed by atoms with Gasteiger partial charge in [-0.1, -0.05) is 307 Å². The molecule has 0 aromatic carbocycles. The molecule has 0 aliphatic carbocycles. The third-order valence-corrected chi connectivity index (χ3v) is 14.8. The molecule has 0 spiro atoms. The Balaban J connectivity index is 3.95. The number of hydrogen-bond donors (Lipinski definition) is 0. The molecule has 0 radical (unpaired) electrons. The van der Waals surface area contributed by atoms with Crippen molar-refractivity contribution in [2.75, 3.05) is 13.2 Å². The zero-order valence-corrected chi connectivity index (χ0v) is 50.3. The number of rotatable bonds is 61. The number of hydrogen-bond acceptors (Lipinski definition) is 6. The predicted molar refractivity (Wildman–Crippen MR) is 325 cm³/mol. The third kappa shape index (κ3) is 62.1. The minimum atomic E-state index is -0.775. The summed E-state index contributed by atoms with van der Waals surface area (Å²) in [5, 5.41) is 0. The van der Waals surface area contributed by atoms with Gasteiger partial charge in [0.05, 0.1) is 0 Å². The van der Waals surface area contributed by atoms with E-state index in [1.807, 2.05) is 0 Å². The Labute approximate surface area is 467 Å². The summed E-state index contributed by atoms with van der Waals surface area (Å²) >= 11 is 0. The van der Waals surface area contributed by atoms with Gasteiger partial charge in [0.25, 0.3) is 0 Å². The number of carbonyl (C=O) groups excluding carboxylic acids is 3. The van der Waals surface area contributed by atoms with Crippen molar-refractivity contribution >= 4 is 17.9 Å². The van der Waals surface area contributed by atoms with Crippen molar-refractivity contribution in [3.8, 4) is 0 Å². The van der Waals surface area contributed by atoms with Gasteiger partial charge >= 0.3 is 17.9 Å². The van der Waals surface area contributed by atoms with Crippen LogP contribution in [0.2, 0.25) is 0 Å². The van der Waals surface area contributed by atoms with E-state index >= 15 is 0 Å². The zero-order chi connectivity index (χ0) is 54.3. The summed E-state index contributed by atoms with van der Waals surface area (Å²) in [5.41, 5.74) is 0. The average Bonchev–Trinajstić information content (AvgIpc) is 3.41. The Bertz CT molecular complexity index is 1300. The molecule has 0 aliphatic rings. The van der Waals surface area contributed by atoms with Crippen LogP contribution in [0.3, 0.4) is 0 Å². The molecule has 1 unspecified atom stereocenters.